The highest BCUT2D eigenvalue weighted by molar-refractivity contribution is 5.84. The molecule has 0 aromatic rings. The van der Waals surface area contributed by atoms with E-state index in [1.54, 1.807) is 0 Å². The van der Waals surface area contributed by atoms with Crippen molar-refractivity contribution in [3.63, 3.8) is 0 Å². The van der Waals surface area contributed by atoms with Gasteiger partial charge >= 0.3 is 24.1 Å². The first kappa shape index (κ1) is 41.9. The van der Waals surface area contributed by atoms with E-state index in [4.69, 9.17) is 24.2 Å². The van der Waals surface area contributed by atoms with E-state index in [0.29, 0.717) is 25.0 Å². The molecule has 0 spiro atoms. The molecule has 2 unspecified atom stereocenters. The maximum atomic E-state index is 11.7. The summed E-state index contributed by atoms with van der Waals surface area (Å²) in [6.45, 7) is 16.8. The van der Waals surface area contributed by atoms with Crippen molar-refractivity contribution in [2.45, 2.75) is 92.9 Å². The Hall–Kier alpha value is -3.25. The number of aliphatic carboxylic acids is 1. The van der Waals surface area contributed by atoms with E-state index in [2.05, 4.69) is 34.3 Å². The minimum Gasteiger partial charge on any atom is -0.478 e. The fourth-order valence-electron chi connectivity index (χ4n) is 2.71. The molecule has 1 N–H and O–H groups in total. The van der Waals surface area contributed by atoms with Gasteiger partial charge in [0.15, 0.2) is 0 Å². The molecule has 0 saturated heterocycles. The summed E-state index contributed by atoms with van der Waals surface area (Å²) in [5, 5.41) is 7.91. The Kier molecular flexibility index (Phi) is 39.6. The van der Waals surface area contributed by atoms with Crippen LogP contribution in [-0.2, 0) is 33.4 Å². The predicted molar refractivity (Wildman–Crippen MR) is 150 cm³/mol. The van der Waals surface area contributed by atoms with Crippen LogP contribution in [0, 0.1) is 11.8 Å². The minimum absolute atomic E-state index is 0.250. The highest BCUT2D eigenvalue weighted by atomic mass is 16.5. The molecular weight excluding hydrogens is 488 g/mol. The van der Waals surface area contributed by atoms with Crippen LogP contribution in [0.15, 0.2) is 49.1 Å². The average Bonchev–Trinajstić information content (AvgIpc) is 2.92. The van der Waals surface area contributed by atoms with Crippen molar-refractivity contribution in [2.24, 2.45) is 11.8 Å². The van der Waals surface area contributed by atoms with Gasteiger partial charge in [-0.2, -0.15) is 9.59 Å². The number of rotatable bonds is 17. The third-order valence-electron chi connectivity index (χ3n) is 4.96. The van der Waals surface area contributed by atoms with E-state index in [-0.39, 0.29) is 18.1 Å². The third-order valence-corrected chi connectivity index (χ3v) is 4.96. The summed E-state index contributed by atoms with van der Waals surface area (Å²) in [6, 6.07) is 0. The van der Waals surface area contributed by atoms with Gasteiger partial charge in [-0.25, -0.2) is 14.4 Å². The van der Waals surface area contributed by atoms with Crippen LogP contribution < -0.4 is 0 Å². The molecule has 0 aromatic heterocycles. The van der Waals surface area contributed by atoms with Crippen molar-refractivity contribution in [3.8, 4) is 0 Å². The largest absolute Gasteiger partial charge is 0.478 e. The van der Waals surface area contributed by atoms with Crippen molar-refractivity contribution >= 4 is 24.1 Å². The lowest BCUT2D eigenvalue weighted by Gasteiger charge is -2.13. The number of allylic oxidation sites excluding steroid dienone is 4. The maximum Gasteiger partial charge on any atom is 0.373 e. The van der Waals surface area contributed by atoms with E-state index in [1.807, 2.05) is 13.8 Å². The summed E-state index contributed by atoms with van der Waals surface area (Å²) in [7, 11) is 0. The van der Waals surface area contributed by atoms with Crippen molar-refractivity contribution in [1.82, 2.24) is 0 Å². The van der Waals surface area contributed by atoms with Gasteiger partial charge < -0.3 is 14.6 Å². The standard InChI is InChI=1S/C22H38O4.C5H6O2.C2H6.CO2/c1-5-9-13-19(7-3)17-25-21(23)15-11-12-16-22(24)26-18-20(8-4)14-10-6-2;1-2-3-4-5(6)7;1-2;2-1-3/h11-12,15-16,19-20H,5-10,13-14,17-18H2,1-4H3;2-4H,1H2,(H,6,7);1-2H3;/b15-11+,16-12+;4-3+;;. The normalized spacial score (nSPS) is 11.5. The van der Waals surface area contributed by atoms with Gasteiger partial charge in [-0.1, -0.05) is 111 Å². The van der Waals surface area contributed by atoms with E-state index < -0.39 is 5.97 Å². The SMILES string of the molecule is C=C/C=C/C(=O)O.CC.CCCCC(CC)COC(=O)/C=C/C=C/C(=O)OCC(CC)CCCC.O=C=O. The summed E-state index contributed by atoms with van der Waals surface area (Å²) in [4.78, 5) is 49.2. The summed E-state index contributed by atoms with van der Waals surface area (Å²) >= 11 is 0. The van der Waals surface area contributed by atoms with Crippen LogP contribution in [0.25, 0.3) is 0 Å². The van der Waals surface area contributed by atoms with Crippen LogP contribution in [0.1, 0.15) is 92.9 Å². The molecule has 218 valence electrons. The molecule has 2 atom stereocenters. The molecule has 0 aliphatic carbocycles. The number of carboxylic acids is 1. The molecule has 0 heterocycles. The molecule has 0 amide bonds. The number of carbonyl (C=O) groups is 3. The minimum atomic E-state index is -0.945. The number of carboxylic acid groups (broad SMARTS) is 1. The number of esters is 2. The highest BCUT2D eigenvalue weighted by Gasteiger charge is 2.09. The van der Waals surface area contributed by atoms with Crippen LogP contribution in [0.3, 0.4) is 0 Å². The van der Waals surface area contributed by atoms with Crippen LogP contribution in [-0.4, -0.2) is 42.4 Å². The van der Waals surface area contributed by atoms with Crippen LogP contribution in [0.4, 0.5) is 0 Å². The van der Waals surface area contributed by atoms with E-state index >= 15 is 0 Å². The second-order valence-corrected chi connectivity index (χ2v) is 7.83. The van der Waals surface area contributed by atoms with E-state index in [9.17, 15) is 14.4 Å². The number of carbonyl (C=O) groups excluding carboxylic acids is 4. The molecule has 38 heavy (non-hydrogen) atoms. The molecule has 0 aromatic carbocycles. The molecule has 0 aliphatic heterocycles. The van der Waals surface area contributed by atoms with Gasteiger partial charge in [0, 0.05) is 18.2 Å². The Bertz CT molecular complexity index is 661. The van der Waals surface area contributed by atoms with Gasteiger partial charge in [0.2, 0.25) is 0 Å². The molecule has 0 bridgehead atoms. The van der Waals surface area contributed by atoms with E-state index in [0.717, 1.165) is 57.4 Å². The lowest BCUT2D eigenvalue weighted by Crippen LogP contribution is -2.12. The topological polar surface area (TPSA) is 124 Å². The monoisotopic (exact) mass is 538 g/mol. The first-order chi connectivity index (χ1) is 18.2. The van der Waals surface area contributed by atoms with Crippen molar-refractivity contribution < 1.29 is 38.6 Å². The second-order valence-electron chi connectivity index (χ2n) is 7.83. The first-order valence-corrected chi connectivity index (χ1v) is 13.4. The van der Waals surface area contributed by atoms with Gasteiger partial charge in [0.05, 0.1) is 13.2 Å². The number of unbranched alkanes of at least 4 members (excludes halogenated alkanes) is 2. The van der Waals surface area contributed by atoms with Gasteiger partial charge in [-0.3, -0.25) is 0 Å². The zero-order valence-corrected chi connectivity index (χ0v) is 24.3. The molecule has 0 aliphatic rings. The zero-order chi connectivity index (χ0) is 30.0. The van der Waals surface area contributed by atoms with Gasteiger partial charge in [0.1, 0.15) is 0 Å². The van der Waals surface area contributed by atoms with Gasteiger partial charge in [-0.15, -0.1) is 0 Å². The Morgan fingerprint density at radius 3 is 1.37 bits per heavy atom. The lowest BCUT2D eigenvalue weighted by atomic mass is 10.0. The summed E-state index contributed by atoms with van der Waals surface area (Å²) < 4.78 is 10.5. The lowest BCUT2D eigenvalue weighted by molar-refractivity contribution is -0.191. The molecule has 8 nitrogen and oxygen atoms in total. The van der Waals surface area contributed by atoms with Crippen LogP contribution in [0.2, 0.25) is 0 Å². The van der Waals surface area contributed by atoms with Crippen LogP contribution >= 0.6 is 0 Å². The number of hydrogen-bond donors (Lipinski definition) is 1. The summed E-state index contributed by atoms with van der Waals surface area (Å²) in [5.74, 6) is -0.832. The predicted octanol–water partition coefficient (Wildman–Crippen LogP) is 6.87. The van der Waals surface area contributed by atoms with Gasteiger partial charge in [0.25, 0.3) is 0 Å². The highest BCUT2D eigenvalue weighted by Crippen LogP contribution is 2.13. The Labute approximate surface area is 229 Å². The zero-order valence-electron chi connectivity index (χ0n) is 24.3. The molecular formula is C30H50O8. The summed E-state index contributed by atoms with van der Waals surface area (Å²) in [5.41, 5.74) is 0. The maximum absolute atomic E-state index is 11.7. The smallest absolute Gasteiger partial charge is 0.373 e. The summed E-state index contributed by atoms with van der Waals surface area (Å²) in [6.07, 6.45) is 18.6. The molecule has 8 heteroatoms. The van der Waals surface area contributed by atoms with Crippen molar-refractivity contribution in [3.05, 3.63) is 49.1 Å². The molecule has 0 radical (unpaired) electrons. The average molecular weight is 539 g/mol. The fourth-order valence-corrected chi connectivity index (χ4v) is 2.71. The van der Waals surface area contributed by atoms with Crippen molar-refractivity contribution in [1.29, 1.82) is 0 Å². The van der Waals surface area contributed by atoms with E-state index in [1.165, 1.54) is 36.5 Å². The number of hydrogen-bond acceptors (Lipinski definition) is 7. The quantitative estimate of drug-likeness (QED) is 0.121. The Morgan fingerprint density at radius 2 is 1.13 bits per heavy atom. The molecule has 0 rings (SSSR count). The number of ether oxygens (including phenoxy) is 2. The Morgan fingerprint density at radius 1 is 0.763 bits per heavy atom. The Balaban J connectivity index is -0.000000402. The fraction of sp³-hybridized carbons (Fsp3) is 0.600. The molecule has 0 saturated carbocycles. The third kappa shape index (κ3) is 37.3. The first-order valence-electron chi connectivity index (χ1n) is 13.4. The van der Waals surface area contributed by atoms with Gasteiger partial charge in [-0.05, 0) is 24.7 Å². The van der Waals surface area contributed by atoms with Crippen LogP contribution in [0.5, 0.6) is 0 Å². The molecule has 0 fully saturated rings. The van der Waals surface area contributed by atoms with Crippen molar-refractivity contribution in [2.75, 3.05) is 13.2 Å². The second kappa shape index (κ2) is 35.9.